The van der Waals surface area contributed by atoms with Gasteiger partial charge in [0, 0.05) is 36.1 Å². The highest BCUT2D eigenvalue weighted by atomic mass is 16.5. The summed E-state index contributed by atoms with van der Waals surface area (Å²) in [6.45, 7) is 0. The maximum Gasteiger partial charge on any atom is 0.240 e. The van der Waals surface area contributed by atoms with Crippen molar-refractivity contribution in [1.82, 2.24) is 10.9 Å². The van der Waals surface area contributed by atoms with E-state index in [2.05, 4.69) is 21.1 Å². The number of ether oxygens (including phenoxy) is 4. The molecule has 10 nitrogen and oxygen atoms in total. The number of rotatable bonds is 15. The Bertz CT molecular complexity index is 971. The summed E-state index contributed by atoms with van der Waals surface area (Å²) in [6, 6.07) is 10.7. The van der Waals surface area contributed by atoms with Crippen LogP contribution in [0, 0.1) is 0 Å². The largest absolute Gasteiger partial charge is 0.497 e. The first-order chi connectivity index (χ1) is 17.5. The van der Waals surface area contributed by atoms with Gasteiger partial charge in [0.15, 0.2) is 0 Å². The Hall–Kier alpha value is -4.08. The average Bonchev–Trinajstić information content (AvgIpc) is 2.90. The summed E-state index contributed by atoms with van der Waals surface area (Å²) in [4.78, 5) is 23.9. The Labute approximate surface area is 211 Å². The summed E-state index contributed by atoms with van der Waals surface area (Å²) >= 11 is 0. The number of hydrazone groups is 2. The van der Waals surface area contributed by atoms with Gasteiger partial charge in [-0.25, -0.2) is 10.9 Å². The molecule has 10 heteroatoms. The number of unbranched alkanes of at least 4 members (excludes halogenated alkanes) is 3. The van der Waals surface area contributed by atoms with Crippen LogP contribution in [0.1, 0.15) is 49.7 Å². The van der Waals surface area contributed by atoms with Gasteiger partial charge in [0.05, 0.1) is 40.9 Å². The minimum Gasteiger partial charge on any atom is -0.497 e. The maximum atomic E-state index is 12.0. The van der Waals surface area contributed by atoms with E-state index in [1.54, 1.807) is 64.8 Å². The third-order valence-corrected chi connectivity index (χ3v) is 5.22. The molecule has 36 heavy (non-hydrogen) atoms. The van der Waals surface area contributed by atoms with Crippen LogP contribution in [0.15, 0.2) is 46.6 Å². The Morgan fingerprint density at radius 2 is 1.08 bits per heavy atom. The molecule has 0 fully saturated rings. The van der Waals surface area contributed by atoms with Crippen molar-refractivity contribution >= 4 is 24.2 Å². The number of benzene rings is 2. The second-order valence-electron chi connectivity index (χ2n) is 7.72. The summed E-state index contributed by atoms with van der Waals surface area (Å²) in [5.74, 6) is 2.21. The average molecular weight is 499 g/mol. The Morgan fingerprint density at radius 1 is 0.667 bits per heavy atom. The molecule has 2 rings (SSSR count). The van der Waals surface area contributed by atoms with E-state index in [1.807, 2.05) is 0 Å². The lowest BCUT2D eigenvalue weighted by Gasteiger charge is -2.07. The summed E-state index contributed by atoms with van der Waals surface area (Å²) in [5, 5.41) is 7.98. The highest BCUT2D eigenvalue weighted by Crippen LogP contribution is 2.24. The van der Waals surface area contributed by atoms with Crippen molar-refractivity contribution in [1.29, 1.82) is 0 Å². The van der Waals surface area contributed by atoms with Gasteiger partial charge in [-0.15, -0.1) is 0 Å². The SMILES string of the molecule is COc1ccc(/C=N/NC(=O)CCCCCCC(=O)N/N=C/c2ccc(OC)cc2OC)c(OC)c1. The molecule has 0 bridgehead atoms. The Balaban J connectivity index is 1.60. The fraction of sp³-hybridized carbons (Fsp3) is 0.385. The standard InChI is InChI=1S/C26H34N4O6/c1-33-21-13-11-19(23(15-21)35-3)17-27-29-25(31)9-7-5-6-8-10-26(32)30-28-18-20-12-14-22(34-2)16-24(20)36-4/h11-18H,5-10H2,1-4H3,(H,29,31)(H,30,32)/b27-17+,28-18+. The second kappa shape index (κ2) is 15.8. The number of hydrogen-bond donors (Lipinski definition) is 2. The molecule has 2 N–H and O–H groups in total. The van der Waals surface area contributed by atoms with Gasteiger partial charge in [0.2, 0.25) is 11.8 Å². The summed E-state index contributed by atoms with van der Waals surface area (Å²) in [7, 11) is 6.27. The first-order valence-corrected chi connectivity index (χ1v) is 11.6. The molecule has 0 aliphatic heterocycles. The molecular formula is C26H34N4O6. The normalized spacial score (nSPS) is 10.9. The van der Waals surface area contributed by atoms with Crippen LogP contribution >= 0.6 is 0 Å². The van der Waals surface area contributed by atoms with E-state index in [-0.39, 0.29) is 11.8 Å². The van der Waals surface area contributed by atoms with Crippen molar-refractivity contribution in [3.05, 3.63) is 47.5 Å². The minimum atomic E-state index is -0.167. The van der Waals surface area contributed by atoms with Gasteiger partial charge in [-0.2, -0.15) is 10.2 Å². The fourth-order valence-corrected chi connectivity index (χ4v) is 3.23. The molecular weight excluding hydrogens is 464 g/mol. The number of methoxy groups -OCH3 is 4. The van der Waals surface area contributed by atoms with E-state index in [0.29, 0.717) is 48.7 Å². The molecule has 0 aromatic heterocycles. The molecule has 0 radical (unpaired) electrons. The molecule has 2 amide bonds. The van der Waals surface area contributed by atoms with Crippen LogP contribution in [-0.4, -0.2) is 52.7 Å². The highest BCUT2D eigenvalue weighted by Gasteiger charge is 2.05. The quantitative estimate of drug-likeness (QED) is 0.220. The molecule has 2 aromatic carbocycles. The van der Waals surface area contributed by atoms with Crippen LogP contribution in [-0.2, 0) is 9.59 Å². The van der Waals surface area contributed by atoms with Gasteiger partial charge in [0.25, 0.3) is 0 Å². The molecule has 194 valence electrons. The molecule has 0 saturated carbocycles. The zero-order chi connectivity index (χ0) is 26.2. The van der Waals surface area contributed by atoms with Gasteiger partial charge >= 0.3 is 0 Å². The molecule has 0 aliphatic carbocycles. The van der Waals surface area contributed by atoms with Crippen LogP contribution in [0.25, 0.3) is 0 Å². The lowest BCUT2D eigenvalue weighted by Crippen LogP contribution is -2.17. The van der Waals surface area contributed by atoms with Gasteiger partial charge in [0.1, 0.15) is 23.0 Å². The summed E-state index contributed by atoms with van der Waals surface area (Å²) < 4.78 is 20.9. The van der Waals surface area contributed by atoms with Crippen LogP contribution < -0.4 is 29.8 Å². The van der Waals surface area contributed by atoms with Crippen molar-refractivity contribution in [3.63, 3.8) is 0 Å². The van der Waals surface area contributed by atoms with E-state index < -0.39 is 0 Å². The monoisotopic (exact) mass is 498 g/mol. The number of carbonyl (C=O) groups excluding carboxylic acids is 2. The molecule has 2 aromatic rings. The third kappa shape index (κ3) is 9.65. The minimum absolute atomic E-state index is 0.167. The molecule has 0 aliphatic rings. The third-order valence-electron chi connectivity index (χ3n) is 5.22. The first-order valence-electron chi connectivity index (χ1n) is 11.6. The maximum absolute atomic E-state index is 12.0. The summed E-state index contributed by atoms with van der Waals surface area (Å²) in [5.41, 5.74) is 6.49. The zero-order valence-corrected chi connectivity index (χ0v) is 21.2. The van der Waals surface area contributed by atoms with E-state index in [4.69, 9.17) is 18.9 Å². The number of hydrogen-bond acceptors (Lipinski definition) is 8. The van der Waals surface area contributed by atoms with E-state index in [0.717, 1.165) is 24.0 Å². The molecule has 0 spiro atoms. The van der Waals surface area contributed by atoms with Crippen molar-refractivity contribution in [2.24, 2.45) is 10.2 Å². The number of carbonyl (C=O) groups is 2. The van der Waals surface area contributed by atoms with Crippen molar-refractivity contribution in [2.45, 2.75) is 38.5 Å². The lowest BCUT2D eigenvalue weighted by atomic mass is 10.1. The number of nitrogens with zero attached hydrogens (tertiary/aromatic N) is 2. The predicted octanol–water partition coefficient (Wildman–Crippen LogP) is 3.66. The second-order valence-corrected chi connectivity index (χ2v) is 7.72. The highest BCUT2D eigenvalue weighted by molar-refractivity contribution is 5.86. The fourth-order valence-electron chi connectivity index (χ4n) is 3.23. The smallest absolute Gasteiger partial charge is 0.240 e. The summed E-state index contributed by atoms with van der Waals surface area (Å²) in [6.07, 6.45) is 6.87. The van der Waals surface area contributed by atoms with Crippen LogP contribution in [0.5, 0.6) is 23.0 Å². The number of nitrogens with one attached hydrogen (secondary N) is 2. The van der Waals surface area contributed by atoms with E-state index >= 15 is 0 Å². The van der Waals surface area contributed by atoms with Gasteiger partial charge in [-0.1, -0.05) is 12.8 Å². The van der Waals surface area contributed by atoms with Crippen LogP contribution in [0.3, 0.4) is 0 Å². The van der Waals surface area contributed by atoms with Gasteiger partial charge in [-0.05, 0) is 37.1 Å². The van der Waals surface area contributed by atoms with Gasteiger partial charge < -0.3 is 18.9 Å². The molecule has 0 saturated heterocycles. The molecule has 0 atom stereocenters. The van der Waals surface area contributed by atoms with Gasteiger partial charge in [-0.3, -0.25) is 9.59 Å². The molecule has 0 heterocycles. The van der Waals surface area contributed by atoms with Crippen LogP contribution in [0.2, 0.25) is 0 Å². The molecule has 0 unspecified atom stereocenters. The van der Waals surface area contributed by atoms with Crippen molar-refractivity contribution in [3.8, 4) is 23.0 Å². The van der Waals surface area contributed by atoms with E-state index in [1.165, 1.54) is 12.4 Å². The lowest BCUT2D eigenvalue weighted by molar-refractivity contribution is -0.122. The Morgan fingerprint density at radius 3 is 1.44 bits per heavy atom. The van der Waals surface area contributed by atoms with E-state index in [9.17, 15) is 9.59 Å². The Kier molecular flexibility index (Phi) is 12.3. The zero-order valence-electron chi connectivity index (χ0n) is 21.2. The van der Waals surface area contributed by atoms with Crippen molar-refractivity contribution in [2.75, 3.05) is 28.4 Å². The topological polar surface area (TPSA) is 120 Å². The van der Waals surface area contributed by atoms with Crippen molar-refractivity contribution < 1.29 is 28.5 Å². The first kappa shape index (κ1) is 28.2. The number of amides is 2. The predicted molar refractivity (Wildman–Crippen MR) is 138 cm³/mol. The van der Waals surface area contributed by atoms with Crippen LogP contribution in [0.4, 0.5) is 0 Å².